The van der Waals surface area contributed by atoms with Crippen LogP contribution in [0.5, 0.6) is 0 Å². The lowest BCUT2D eigenvalue weighted by Gasteiger charge is -2.49. The lowest BCUT2D eigenvalue weighted by molar-refractivity contribution is -0.127. The molecule has 1 aromatic carbocycles. The minimum absolute atomic E-state index is 0.117. The third-order valence-corrected chi connectivity index (χ3v) is 8.40. The van der Waals surface area contributed by atoms with E-state index in [2.05, 4.69) is 22.5 Å². The molecule has 0 spiro atoms. The number of carbonyl (C=O) groups is 2. The molecule has 7 heteroatoms. The highest BCUT2D eigenvalue weighted by molar-refractivity contribution is 5.79. The molecule has 190 valence electrons. The standard InChI is InChI=1S/C29H34FN3O3/c1-3-36-29(35)32-23-10-11-24-20(14-23)15-27-26(16-28(34)33(27)2)25(24)12-9-22-8-7-19(17-31-22)18-5-4-6-21(30)13-18/h4-9,12-13,17,20,23-27H,3,10-11,14-16H2,1-2H3,(H,32,35)/b12-9+/t20-,23+,24+,25-,26+,27-/m0/s1. The predicted molar refractivity (Wildman–Crippen MR) is 136 cm³/mol. The average Bonchev–Trinajstić information content (AvgIpc) is 3.15. The number of likely N-dealkylation sites (tertiary alicyclic amines) is 1. The van der Waals surface area contributed by atoms with Crippen LogP contribution in [-0.2, 0) is 9.53 Å². The summed E-state index contributed by atoms with van der Waals surface area (Å²) >= 11 is 0. The number of amides is 2. The molecule has 5 rings (SSSR count). The number of rotatable bonds is 5. The van der Waals surface area contributed by atoms with Gasteiger partial charge in [-0.05, 0) is 86.1 Å². The minimum atomic E-state index is -0.341. The number of ether oxygens (including phenoxy) is 1. The Labute approximate surface area is 211 Å². The lowest BCUT2D eigenvalue weighted by atomic mass is 9.59. The van der Waals surface area contributed by atoms with Crippen LogP contribution >= 0.6 is 0 Å². The first-order chi connectivity index (χ1) is 17.4. The molecule has 1 aliphatic heterocycles. The highest BCUT2D eigenvalue weighted by Crippen LogP contribution is 2.51. The molecule has 1 aromatic heterocycles. The molecule has 1 N–H and O–H groups in total. The van der Waals surface area contributed by atoms with Gasteiger partial charge in [0, 0.05) is 37.3 Å². The first-order valence-corrected chi connectivity index (χ1v) is 13.0. The Morgan fingerprint density at radius 3 is 2.81 bits per heavy atom. The van der Waals surface area contributed by atoms with E-state index in [0.717, 1.165) is 42.5 Å². The average molecular weight is 492 g/mol. The SMILES string of the molecule is CCOC(=O)N[C@@H]1CC[C@@H]2[C@@H](C1)C[C@H]1[C@H](CC(=O)N1C)[C@H]2/C=C/c1ccc(-c2cccc(F)c2)cn1. The van der Waals surface area contributed by atoms with Crippen molar-refractivity contribution in [2.75, 3.05) is 13.7 Å². The van der Waals surface area contributed by atoms with Gasteiger partial charge in [-0.25, -0.2) is 9.18 Å². The summed E-state index contributed by atoms with van der Waals surface area (Å²) in [5.41, 5.74) is 2.53. The van der Waals surface area contributed by atoms with Crippen LogP contribution in [0.3, 0.4) is 0 Å². The van der Waals surface area contributed by atoms with Crippen LogP contribution < -0.4 is 5.32 Å². The van der Waals surface area contributed by atoms with Gasteiger partial charge >= 0.3 is 6.09 Å². The molecule has 6 atom stereocenters. The van der Waals surface area contributed by atoms with Crippen molar-refractivity contribution in [3.63, 3.8) is 0 Å². The lowest BCUT2D eigenvalue weighted by Crippen LogP contribution is -2.50. The Kier molecular flexibility index (Phi) is 7.08. The normalized spacial score (nSPS) is 29.6. The van der Waals surface area contributed by atoms with E-state index >= 15 is 0 Å². The van der Waals surface area contributed by atoms with Crippen LogP contribution in [0.2, 0.25) is 0 Å². The largest absolute Gasteiger partial charge is 0.450 e. The highest BCUT2D eigenvalue weighted by atomic mass is 19.1. The maximum absolute atomic E-state index is 13.6. The van der Waals surface area contributed by atoms with Gasteiger partial charge in [-0.2, -0.15) is 0 Å². The summed E-state index contributed by atoms with van der Waals surface area (Å²) in [4.78, 5) is 31.2. The number of nitrogens with zero attached hydrogens (tertiary/aromatic N) is 2. The summed E-state index contributed by atoms with van der Waals surface area (Å²) < 4.78 is 18.7. The van der Waals surface area contributed by atoms with Crippen molar-refractivity contribution in [3.05, 3.63) is 60.2 Å². The number of alkyl carbamates (subject to hydrolysis) is 1. The number of nitrogens with one attached hydrogen (secondary N) is 1. The highest BCUT2D eigenvalue weighted by Gasteiger charge is 2.51. The minimum Gasteiger partial charge on any atom is -0.450 e. The van der Waals surface area contributed by atoms with Crippen LogP contribution in [-0.4, -0.2) is 47.6 Å². The van der Waals surface area contributed by atoms with Gasteiger partial charge in [0.15, 0.2) is 0 Å². The summed E-state index contributed by atoms with van der Waals surface area (Å²) in [6.07, 6.45) is 10.2. The van der Waals surface area contributed by atoms with E-state index in [1.807, 2.05) is 37.1 Å². The van der Waals surface area contributed by atoms with Crippen LogP contribution in [0.4, 0.5) is 9.18 Å². The molecule has 0 radical (unpaired) electrons. The number of halogens is 1. The summed E-state index contributed by atoms with van der Waals surface area (Å²) in [5, 5.41) is 3.03. The quantitative estimate of drug-likeness (QED) is 0.616. The second kappa shape index (κ2) is 10.4. The number of hydrogen-bond acceptors (Lipinski definition) is 4. The molecule has 36 heavy (non-hydrogen) atoms. The first-order valence-electron chi connectivity index (χ1n) is 13.0. The molecule has 0 bridgehead atoms. The molecule has 2 aliphatic carbocycles. The Hall–Kier alpha value is -3.22. The molecular weight excluding hydrogens is 457 g/mol. The second-order valence-electron chi connectivity index (χ2n) is 10.4. The van der Waals surface area contributed by atoms with Crippen molar-refractivity contribution in [1.29, 1.82) is 0 Å². The maximum Gasteiger partial charge on any atom is 0.407 e. The zero-order valence-electron chi connectivity index (χ0n) is 20.9. The van der Waals surface area contributed by atoms with Gasteiger partial charge in [0.2, 0.25) is 5.91 Å². The van der Waals surface area contributed by atoms with Gasteiger partial charge in [-0.1, -0.05) is 24.3 Å². The van der Waals surface area contributed by atoms with Gasteiger partial charge in [-0.15, -0.1) is 0 Å². The number of benzene rings is 1. The third kappa shape index (κ3) is 5.01. The van der Waals surface area contributed by atoms with E-state index < -0.39 is 0 Å². The molecule has 2 amide bonds. The fraction of sp³-hybridized carbons (Fsp3) is 0.483. The molecule has 3 fully saturated rings. The molecule has 1 saturated heterocycles. The third-order valence-electron chi connectivity index (χ3n) is 8.40. The van der Waals surface area contributed by atoms with Gasteiger partial charge in [0.1, 0.15) is 5.82 Å². The molecule has 0 unspecified atom stereocenters. The van der Waals surface area contributed by atoms with E-state index in [4.69, 9.17) is 4.74 Å². The van der Waals surface area contributed by atoms with Crippen molar-refractivity contribution >= 4 is 18.1 Å². The Balaban J connectivity index is 1.33. The Morgan fingerprint density at radius 2 is 2.06 bits per heavy atom. The van der Waals surface area contributed by atoms with Crippen LogP contribution in [0.15, 0.2) is 48.7 Å². The predicted octanol–water partition coefficient (Wildman–Crippen LogP) is 5.30. The molecule has 2 heterocycles. The molecule has 3 aliphatic rings. The molecule has 6 nitrogen and oxygen atoms in total. The van der Waals surface area contributed by atoms with Crippen LogP contribution in [0, 0.1) is 29.5 Å². The zero-order valence-corrected chi connectivity index (χ0v) is 20.9. The summed E-state index contributed by atoms with van der Waals surface area (Å²) in [7, 11) is 1.93. The summed E-state index contributed by atoms with van der Waals surface area (Å²) in [6.45, 7) is 2.18. The first kappa shape index (κ1) is 24.5. The zero-order chi connectivity index (χ0) is 25.2. The topological polar surface area (TPSA) is 71.5 Å². The molecule has 2 saturated carbocycles. The number of aromatic nitrogens is 1. The monoisotopic (exact) mass is 491 g/mol. The van der Waals surface area contributed by atoms with E-state index in [-0.39, 0.29) is 35.8 Å². The van der Waals surface area contributed by atoms with E-state index in [1.165, 1.54) is 12.1 Å². The number of fused-ring (bicyclic) bond motifs is 2. The van der Waals surface area contributed by atoms with E-state index in [1.54, 1.807) is 12.3 Å². The van der Waals surface area contributed by atoms with Crippen molar-refractivity contribution in [1.82, 2.24) is 15.2 Å². The van der Waals surface area contributed by atoms with E-state index in [9.17, 15) is 14.0 Å². The Bertz CT molecular complexity index is 1130. The fourth-order valence-corrected chi connectivity index (χ4v) is 6.68. The maximum atomic E-state index is 13.6. The van der Waals surface area contributed by atoms with Crippen molar-refractivity contribution in [2.24, 2.45) is 23.7 Å². The second-order valence-corrected chi connectivity index (χ2v) is 10.4. The Morgan fingerprint density at radius 1 is 1.19 bits per heavy atom. The van der Waals surface area contributed by atoms with Crippen molar-refractivity contribution in [3.8, 4) is 11.1 Å². The van der Waals surface area contributed by atoms with Crippen LogP contribution in [0.1, 0.15) is 44.7 Å². The number of carbonyl (C=O) groups excluding carboxylic acids is 2. The number of allylic oxidation sites excluding steroid dienone is 1. The van der Waals surface area contributed by atoms with Crippen molar-refractivity contribution in [2.45, 2.75) is 51.1 Å². The number of hydrogen-bond donors (Lipinski definition) is 1. The molecular formula is C29H34FN3O3. The van der Waals surface area contributed by atoms with Crippen LogP contribution in [0.25, 0.3) is 17.2 Å². The summed E-state index contributed by atoms with van der Waals surface area (Å²) in [6, 6.07) is 10.8. The fourth-order valence-electron chi connectivity index (χ4n) is 6.68. The number of pyridine rings is 1. The van der Waals surface area contributed by atoms with Gasteiger partial charge in [-0.3, -0.25) is 9.78 Å². The smallest absolute Gasteiger partial charge is 0.407 e. The summed E-state index contributed by atoms with van der Waals surface area (Å²) in [5.74, 6) is 1.48. The van der Waals surface area contributed by atoms with Gasteiger partial charge in [0.05, 0.1) is 12.3 Å². The van der Waals surface area contributed by atoms with Gasteiger partial charge < -0.3 is 15.0 Å². The van der Waals surface area contributed by atoms with E-state index in [0.29, 0.717) is 30.8 Å². The van der Waals surface area contributed by atoms with Gasteiger partial charge in [0.25, 0.3) is 0 Å². The molecule has 2 aromatic rings. The van der Waals surface area contributed by atoms with Crippen molar-refractivity contribution < 1.29 is 18.7 Å².